The lowest BCUT2D eigenvalue weighted by Gasteiger charge is -2.15. The van der Waals surface area contributed by atoms with Gasteiger partial charge in [0.2, 0.25) is 0 Å². The number of methoxy groups -OCH3 is 1. The fourth-order valence-corrected chi connectivity index (χ4v) is 3.52. The fraction of sp³-hybridized carbons (Fsp3) is 0.241. The molecule has 0 aliphatic rings. The van der Waals surface area contributed by atoms with Crippen molar-refractivity contribution >= 4 is 17.8 Å². The molecular formula is C29H31NO5. The second-order valence-corrected chi connectivity index (χ2v) is 7.84. The zero-order valence-corrected chi connectivity index (χ0v) is 20.6. The molecule has 6 heteroatoms. The molecule has 0 aliphatic carbocycles. The Morgan fingerprint density at radius 3 is 2.40 bits per heavy atom. The minimum absolute atomic E-state index is 0.322. The lowest BCUT2D eigenvalue weighted by Crippen LogP contribution is -2.08. The standard InChI is InChI=1S/C29H31NO5/c1-5-26(29(31)32-4)27-14-10-9-11-23(27)20-34-28-18-21(2)24(17-22(28)3)19-30-35-16-15-33-25-12-7-6-8-13-25/h5-14,17-19H,15-16,20H2,1-4H3. The highest BCUT2D eigenvalue weighted by Crippen LogP contribution is 2.26. The van der Waals surface area contributed by atoms with Gasteiger partial charge in [-0.05, 0) is 72.9 Å². The number of rotatable bonds is 11. The zero-order chi connectivity index (χ0) is 25.0. The van der Waals surface area contributed by atoms with Crippen LogP contribution in [0.5, 0.6) is 11.5 Å². The first-order chi connectivity index (χ1) is 17.0. The van der Waals surface area contributed by atoms with Crippen LogP contribution in [0, 0.1) is 13.8 Å². The van der Waals surface area contributed by atoms with Gasteiger partial charge in [0.25, 0.3) is 0 Å². The van der Waals surface area contributed by atoms with Crippen LogP contribution in [-0.2, 0) is 21.0 Å². The van der Waals surface area contributed by atoms with Crippen molar-refractivity contribution in [3.63, 3.8) is 0 Å². The van der Waals surface area contributed by atoms with Crippen LogP contribution in [0.15, 0.2) is 78.0 Å². The number of aryl methyl sites for hydroxylation is 2. The Balaban J connectivity index is 1.59. The first kappa shape index (κ1) is 25.6. The summed E-state index contributed by atoms with van der Waals surface area (Å²) in [5.41, 5.74) is 5.14. The normalized spacial score (nSPS) is 11.4. The minimum atomic E-state index is -0.371. The maximum Gasteiger partial charge on any atom is 0.338 e. The predicted octanol–water partition coefficient (Wildman–Crippen LogP) is 5.89. The zero-order valence-electron chi connectivity index (χ0n) is 20.6. The summed E-state index contributed by atoms with van der Waals surface area (Å²) in [6.07, 6.45) is 3.45. The van der Waals surface area contributed by atoms with Crippen LogP contribution in [0.2, 0.25) is 0 Å². The average Bonchev–Trinajstić information content (AvgIpc) is 2.88. The Morgan fingerprint density at radius 1 is 0.914 bits per heavy atom. The van der Waals surface area contributed by atoms with Gasteiger partial charge in [-0.25, -0.2) is 4.79 Å². The molecule has 0 N–H and O–H groups in total. The second-order valence-electron chi connectivity index (χ2n) is 7.84. The highest BCUT2D eigenvalue weighted by Gasteiger charge is 2.15. The van der Waals surface area contributed by atoms with E-state index >= 15 is 0 Å². The molecular weight excluding hydrogens is 442 g/mol. The summed E-state index contributed by atoms with van der Waals surface area (Å²) >= 11 is 0. The molecule has 3 rings (SSSR count). The van der Waals surface area contributed by atoms with E-state index < -0.39 is 0 Å². The van der Waals surface area contributed by atoms with Gasteiger partial charge >= 0.3 is 5.97 Å². The number of nitrogens with zero attached hydrogens (tertiary/aromatic N) is 1. The highest BCUT2D eigenvalue weighted by molar-refractivity contribution is 6.16. The van der Waals surface area contributed by atoms with E-state index in [1.807, 2.05) is 87.5 Å². The summed E-state index contributed by atoms with van der Waals surface area (Å²) in [6.45, 7) is 6.89. The monoisotopic (exact) mass is 473 g/mol. The second kappa shape index (κ2) is 13.0. The number of carbonyl (C=O) groups excluding carboxylic acids is 1. The molecule has 0 saturated heterocycles. The molecule has 0 aromatic heterocycles. The van der Waals surface area contributed by atoms with Gasteiger partial charge in [0.1, 0.15) is 24.7 Å². The van der Waals surface area contributed by atoms with Gasteiger partial charge in [0.15, 0.2) is 6.61 Å². The molecule has 0 heterocycles. The minimum Gasteiger partial charge on any atom is -0.490 e. The van der Waals surface area contributed by atoms with E-state index in [1.54, 1.807) is 12.3 Å². The van der Waals surface area contributed by atoms with Crippen LogP contribution in [0.3, 0.4) is 0 Å². The van der Waals surface area contributed by atoms with Gasteiger partial charge in [-0.2, -0.15) is 0 Å². The van der Waals surface area contributed by atoms with Crippen molar-refractivity contribution in [1.29, 1.82) is 0 Å². The van der Waals surface area contributed by atoms with Crippen LogP contribution in [0.4, 0.5) is 0 Å². The van der Waals surface area contributed by atoms with Crippen molar-refractivity contribution in [2.75, 3.05) is 20.3 Å². The number of esters is 1. The topological polar surface area (TPSA) is 66.4 Å². The van der Waals surface area contributed by atoms with E-state index in [1.165, 1.54) is 7.11 Å². The lowest BCUT2D eigenvalue weighted by atomic mass is 10.00. The third-order valence-corrected chi connectivity index (χ3v) is 5.40. The molecule has 0 fully saturated rings. The maximum absolute atomic E-state index is 12.2. The lowest BCUT2D eigenvalue weighted by molar-refractivity contribution is -0.133. The third-order valence-electron chi connectivity index (χ3n) is 5.40. The largest absolute Gasteiger partial charge is 0.490 e. The number of hydrogen-bond acceptors (Lipinski definition) is 6. The summed E-state index contributed by atoms with van der Waals surface area (Å²) in [5, 5.41) is 4.07. The predicted molar refractivity (Wildman–Crippen MR) is 138 cm³/mol. The number of carbonyl (C=O) groups is 1. The molecule has 0 aliphatic heterocycles. The van der Waals surface area contributed by atoms with Crippen molar-refractivity contribution in [1.82, 2.24) is 0 Å². The van der Waals surface area contributed by atoms with Gasteiger partial charge in [-0.3, -0.25) is 0 Å². The van der Waals surface area contributed by atoms with Gasteiger partial charge in [0.05, 0.1) is 18.9 Å². The summed E-state index contributed by atoms with van der Waals surface area (Å²) in [5.74, 6) is 1.20. The smallest absolute Gasteiger partial charge is 0.338 e. The van der Waals surface area contributed by atoms with Crippen LogP contribution in [0.1, 0.15) is 34.7 Å². The average molecular weight is 474 g/mol. The van der Waals surface area contributed by atoms with Crippen LogP contribution >= 0.6 is 0 Å². The summed E-state index contributed by atoms with van der Waals surface area (Å²) < 4.78 is 16.6. The molecule has 182 valence electrons. The first-order valence-corrected chi connectivity index (χ1v) is 11.4. The molecule has 0 spiro atoms. The van der Waals surface area contributed by atoms with E-state index in [4.69, 9.17) is 19.0 Å². The van der Waals surface area contributed by atoms with E-state index in [2.05, 4.69) is 5.16 Å². The number of allylic oxidation sites excluding steroid dienone is 1. The molecule has 0 atom stereocenters. The van der Waals surface area contributed by atoms with E-state index in [9.17, 15) is 4.79 Å². The summed E-state index contributed by atoms with van der Waals surface area (Å²) in [7, 11) is 1.38. The fourth-order valence-electron chi connectivity index (χ4n) is 3.52. The molecule has 3 aromatic carbocycles. The molecule has 35 heavy (non-hydrogen) atoms. The Bertz CT molecular complexity index is 1180. The molecule has 0 radical (unpaired) electrons. The van der Waals surface area contributed by atoms with Crippen molar-refractivity contribution < 1.29 is 23.8 Å². The maximum atomic E-state index is 12.2. The number of benzene rings is 3. The van der Waals surface area contributed by atoms with E-state index in [0.717, 1.165) is 39.3 Å². The Morgan fingerprint density at radius 2 is 1.66 bits per heavy atom. The van der Waals surface area contributed by atoms with Crippen LogP contribution < -0.4 is 9.47 Å². The van der Waals surface area contributed by atoms with Crippen molar-refractivity contribution in [3.8, 4) is 11.5 Å². The molecule has 6 nitrogen and oxygen atoms in total. The third kappa shape index (κ3) is 7.21. The summed E-state index contributed by atoms with van der Waals surface area (Å²) in [4.78, 5) is 17.5. The number of oxime groups is 1. The van der Waals surface area contributed by atoms with Crippen LogP contribution in [-0.4, -0.2) is 32.5 Å². The molecule has 0 saturated carbocycles. The van der Waals surface area contributed by atoms with E-state index in [0.29, 0.717) is 25.4 Å². The van der Waals surface area contributed by atoms with Gasteiger partial charge in [-0.15, -0.1) is 0 Å². The Kier molecular flexibility index (Phi) is 9.49. The molecule has 0 amide bonds. The van der Waals surface area contributed by atoms with E-state index in [-0.39, 0.29) is 5.97 Å². The summed E-state index contributed by atoms with van der Waals surface area (Å²) in [6, 6.07) is 21.2. The van der Waals surface area contributed by atoms with Gasteiger partial charge < -0.3 is 19.0 Å². The highest BCUT2D eigenvalue weighted by atomic mass is 16.6. The Labute approximate surface area is 206 Å². The van der Waals surface area contributed by atoms with Crippen molar-refractivity contribution in [3.05, 3.63) is 101 Å². The quantitative estimate of drug-likeness (QED) is 0.114. The Hall–Kier alpha value is -4.06. The number of para-hydroxylation sites is 1. The van der Waals surface area contributed by atoms with Gasteiger partial charge in [0, 0.05) is 0 Å². The number of hydrogen-bond donors (Lipinski definition) is 0. The van der Waals surface area contributed by atoms with Crippen molar-refractivity contribution in [2.45, 2.75) is 27.4 Å². The molecule has 0 bridgehead atoms. The van der Waals surface area contributed by atoms with Gasteiger partial charge in [-0.1, -0.05) is 53.7 Å². The van der Waals surface area contributed by atoms with Crippen LogP contribution in [0.25, 0.3) is 5.57 Å². The molecule has 3 aromatic rings. The van der Waals surface area contributed by atoms with Crippen molar-refractivity contribution in [2.24, 2.45) is 5.16 Å². The SMILES string of the molecule is CC=C(C(=O)OC)c1ccccc1COc1cc(C)c(C=NOCCOc2ccccc2)cc1C. The molecule has 0 unspecified atom stereocenters. The number of ether oxygens (including phenoxy) is 3. The first-order valence-electron chi connectivity index (χ1n) is 11.4.